The van der Waals surface area contributed by atoms with Gasteiger partial charge in [0.2, 0.25) is 0 Å². The first kappa shape index (κ1) is 18.7. The molecule has 0 radical (unpaired) electrons. The maximum Gasteiger partial charge on any atom is 1.00 e. The second-order valence-electron chi connectivity index (χ2n) is 5.76. The van der Waals surface area contributed by atoms with E-state index in [9.17, 15) is 13.0 Å². The average Bonchev–Trinajstić information content (AvgIpc) is 2.35. The molecule has 21 heavy (non-hydrogen) atoms. The SMILES string of the molecule is CC(C)c1cc(C(C)C)c2cc(S(=O)(=O)[O-])ccc2c1.[Na+]. The summed E-state index contributed by atoms with van der Waals surface area (Å²) in [6.07, 6.45) is 0. The van der Waals surface area contributed by atoms with Gasteiger partial charge >= 0.3 is 29.6 Å². The molecule has 0 saturated carbocycles. The summed E-state index contributed by atoms with van der Waals surface area (Å²) < 4.78 is 33.5. The molecular formula is C16H19NaO3S. The molecule has 0 N–H and O–H groups in total. The van der Waals surface area contributed by atoms with Crippen molar-refractivity contribution in [2.24, 2.45) is 0 Å². The molecule has 108 valence electrons. The molecule has 0 aliphatic rings. The third-order valence-corrected chi connectivity index (χ3v) is 4.39. The Balaban J connectivity index is 0.00000220. The van der Waals surface area contributed by atoms with E-state index in [1.54, 1.807) is 6.07 Å². The molecule has 0 aromatic heterocycles. The zero-order valence-electron chi connectivity index (χ0n) is 13.2. The largest absolute Gasteiger partial charge is 1.00 e. The van der Waals surface area contributed by atoms with Gasteiger partial charge in [0.1, 0.15) is 10.1 Å². The number of hydrogen-bond acceptors (Lipinski definition) is 3. The van der Waals surface area contributed by atoms with E-state index in [0.717, 1.165) is 16.3 Å². The quantitative estimate of drug-likeness (QED) is 0.627. The first-order valence-corrected chi connectivity index (χ1v) is 8.14. The van der Waals surface area contributed by atoms with Gasteiger partial charge in [-0.3, -0.25) is 0 Å². The number of benzene rings is 2. The average molecular weight is 314 g/mol. The summed E-state index contributed by atoms with van der Waals surface area (Å²) in [5.74, 6) is 0.667. The van der Waals surface area contributed by atoms with Gasteiger partial charge in [0, 0.05) is 0 Å². The van der Waals surface area contributed by atoms with Crippen molar-refractivity contribution < 1.29 is 42.5 Å². The molecule has 0 fully saturated rings. The normalized spacial score (nSPS) is 12.0. The topological polar surface area (TPSA) is 57.2 Å². The van der Waals surface area contributed by atoms with E-state index in [2.05, 4.69) is 39.8 Å². The molecule has 5 heteroatoms. The van der Waals surface area contributed by atoms with Gasteiger partial charge in [-0.2, -0.15) is 0 Å². The zero-order chi connectivity index (χ0) is 15.1. The monoisotopic (exact) mass is 314 g/mol. The molecule has 2 rings (SSSR count). The van der Waals surface area contributed by atoms with Gasteiger partial charge in [0.15, 0.2) is 0 Å². The van der Waals surface area contributed by atoms with Crippen LogP contribution in [0, 0.1) is 0 Å². The molecule has 3 nitrogen and oxygen atoms in total. The predicted octanol–water partition coefficient (Wildman–Crippen LogP) is 0.995. The van der Waals surface area contributed by atoms with Crippen molar-refractivity contribution in [1.82, 2.24) is 0 Å². The second-order valence-corrected chi connectivity index (χ2v) is 7.14. The summed E-state index contributed by atoms with van der Waals surface area (Å²) in [6.45, 7) is 8.39. The molecule has 0 aliphatic heterocycles. The molecule has 0 aliphatic carbocycles. The number of hydrogen-bond donors (Lipinski definition) is 0. The van der Waals surface area contributed by atoms with E-state index in [-0.39, 0.29) is 40.4 Å². The molecule has 0 amide bonds. The predicted molar refractivity (Wildman–Crippen MR) is 80.1 cm³/mol. The van der Waals surface area contributed by atoms with E-state index in [4.69, 9.17) is 0 Å². The summed E-state index contributed by atoms with van der Waals surface area (Å²) in [6, 6.07) is 8.78. The summed E-state index contributed by atoms with van der Waals surface area (Å²) in [7, 11) is -4.41. The molecule has 2 aromatic carbocycles. The Morgan fingerprint density at radius 2 is 1.57 bits per heavy atom. The van der Waals surface area contributed by atoms with E-state index in [1.165, 1.54) is 17.7 Å². The van der Waals surface area contributed by atoms with Gasteiger partial charge in [0.25, 0.3) is 0 Å². The fraction of sp³-hybridized carbons (Fsp3) is 0.375. The van der Waals surface area contributed by atoms with Crippen molar-refractivity contribution in [3.8, 4) is 0 Å². The minimum absolute atomic E-state index is 0. The second kappa shape index (κ2) is 6.80. The Kier molecular flexibility index (Phi) is 6.04. The van der Waals surface area contributed by atoms with Crippen molar-refractivity contribution in [3.05, 3.63) is 41.5 Å². The maximum atomic E-state index is 11.2. The van der Waals surface area contributed by atoms with Crippen LogP contribution in [0.3, 0.4) is 0 Å². The Labute approximate surface area is 148 Å². The minimum Gasteiger partial charge on any atom is -0.744 e. The maximum absolute atomic E-state index is 11.2. The Morgan fingerprint density at radius 3 is 2.05 bits per heavy atom. The van der Waals surface area contributed by atoms with E-state index in [1.807, 2.05) is 0 Å². The van der Waals surface area contributed by atoms with E-state index >= 15 is 0 Å². The molecule has 0 heterocycles. The van der Waals surface area contributed by atoms with Gasteiger partial charge in [-0.25, -0.2) is 8.42 Å². The van der Waals surface area contributed by atoms with Crippen LogP contribution >= 0.6 is 0 Å². The van der Waals surface area contributed by atoms with Crippen molar-refractivity contribution in [3.63, 3.8) is 0 Å². The van der Waals surface area contributed by atoms with E-state index < -0.39 is 10.1 Å². The Morgan fingerprint density at radius 1 is 0.952 bits per heavy atom. The van der Waals surface area contributed by atoms with Crippen molar-refractivity contribution in [2.75, 3.05) is 0 Å². The Bertz CT molecular complexity index is 749. The molecule has 0 unspecified atom stereocenters. The van der Waals surface area contributed by atoms with Crippen LogP contribution in [-0.2, 0) is 10.1 Å². The minimum atomic E-state index is -4.41. The van der Waals surface area contributed by atoms with Gasteiger partial charge in [-0.15, -0.1) is 0 Å². The first-order chi connectivity index (χ1) is 9.20. The molecular weight excluding hydrogens is 295 g/mol. The summed E-state index contributed by atoms with van der Waals surface area (Å²) in [5.41, 5.74) is 2.30. The van der Waals surface area contributed by atoms with Gasteiger partial charge < -0.3 is 4.55 Å². The smallest absolute Gasteiger partial charge is 0.744 e. The molecule has 0 spiro atoms. The first-order valence-electron chi connectivity index (χ1n) is 6.73. The summed E-state index contributed by atoms with van der Waals surface area (Å²) in [4.78, 5) is -0.163. The van der Waals surface area contributed by atoms with Gasteiger partial charge in [-0.05, 0) is 45.9 Å². The van der Waals surface area contributed by atoms with Crippen molar-refractivity contribution in [1.29, 1.82) is 0 Å². The zero-order valence-corrected chi connectivity index (χ0v) is 16.0. The van der Waals surface area contributed by atoms with Crippen LogP contribution in [0.25, 0.3) is 10.8 Å². The Hall–Kier alpha value is -0.390. The van der Waals surface area contributed by atoms with Crippen LogP contribution in [0.2, 0.25) is 0 Å². The van der Waals surface area contributed by atoms with E-state index in [0.29, 0.717) is 5.92 Å². The summed E-state index contributed by atoms with van der Waals surface area (Å²) >= 11 is 0. The fourth-order valence-electron chi connectivity index (χ4n) is 2.36. The van der Waals surface area contributed by atoms with Crippen LogP contribution in [-0.4, -0.2) is 13.0 Å². The number of fused-ring (bicyclic) bond motifs is 1. The van der Waals surface area contributed by atoms with Crippen molar-refractivity contribution >= 4 is 20.9 Å². The molecule has 0 atom stereocenters. The third kappa shape index (κ3) is 4.08. The van der Waals surface area contributed by atoms with Crippen LogP contribution in [0.5, 0.6) is 0 Å². The molecule has 2 aromatic rings. The van der Waals surface area contributed by atoms with Crippen molar-refractivity contribution in [2.45, 2.75) is 44.4 Å². The molecule has 0 saturated heterocycles. The fourth-order valence-corrected chi connectivity index (χ4v) is 2.85. The van der Waals surface area contributed by atoms with Gasteiger partial charge in [0.05, 0.1) is 4.90 Å². The standard InChI is InChI=1S/C16H20O3S.Na/c1-10(2)13-7-12-5-6-14(20(17,18)19)9-16(12)15(8-13)11(3)4;/h5-11H,1-4H3,(H,17,18,19);/q;+1/p-1. The van der Waals surface area contributed by atoms with Crippen LogP contribution in [0.1, 0.15) is 50.7 Å². The van der Waals surface area contributed by atoms with Crippen LogP contribution < -0.4 is 29.6 Å². The summed E-state index contributed by atoms with van der Waals surface area (Å²) in [5, 5.41) is 1.83. The molecule has 0 bridgehead atoms. The number of rotatable bonds is 3. The third-order valence-electron chi connectivity index (χ3n) is 3.56. The van der Waals surface area contributed by atoms with Gasteiger partial charge in [-0.1, -0.05) is 45.9 Å². The van der Waals surface area contributed by atoms with Crippen LogP contribution in [0.15, 0.2) is 35.2 Å². The van der Waals surface area contributed by atoms with Crippen LogP contribution in [0.4, 0.5) is 0 Å².